The topological polar surface area (TPSA) is 86.8 Å². The van der Waals surface area contributed by atoms with Crippen molar-refractivity contribution in [2.45, 2.75) is 64.1 Å². The molecule has 4 aromatic rings. The Morgan fingerprint density at radius 3 is 2.07 bits per heavy atom. The van der Waals surface area contributed by atoms with Gasteiger partial charge in [0.25, 0.3) is 10.0 Å². The second-order valence-electron chi connectivity index (χ2n) is 11.4. The molecule has 0 radical (unpaired) electrons. The molecule has 0 aliphatic rings. The number of carbonyl (C=O) groups excluding carboxylic acids is 2. The van der Waals surface area contributed by atoms with Gasteiger partial charge in [0.05, 0.1) is 20.6 Å². The van der Waals surface area contributed by atoms with E-state index in [4.69, 9.17) is 23.2 Å². The normalized spacial score (nSPS) is 12.7. The first kappa shape index (κ1) is 35.0. The number of carbonyl (C=O) groups is 2. The molecule has 4 rings (SSSR count). The third-order valence-corrected chi connectivity index (χ3v) is 10.5. The molecular weight excluding hydrogens is 641 g/mol. The Morgan fingerprint density at radius 1 is 0.804 bits per heavy atom. The van der Waals surface area contributed by atoms with Gasteiger partial charge in [-0.15, -0.1) is 0 Å². The first-order valence-electron chi connectivity index (χ1n) is 15.1. The highest BCUT2D eigenvalue weighted by atomic mass is 35.5. The highest BCUT2D eigenvalue weighted by Crippen LogP contribution is 2.28. The summed E-state index contributed by atoms with van der Waals surface area (Å²) < 4.78 is 29.4. The number of anilines is 1. The number of hydrogen-bond donors (Lipinski definition) is 1. The predicted molar refractivity (Wildman–Crippen MR) is 186 cm³/mol. The van der Waals surface area contributed by atoms with Crippen molar-refractivity contribution < 1.29 is 18.0 Å². The first-order chi connectivity index (χ1) is 21.9. The minimum absolute atomic E-state index is 0.00665. The molecule has 46 heavy (non-hydrogen) atoms. The van der Waals surface area contributed by atoms with Gasteiger partial charge in [0.1, 0.15) is 12.6 Å². The standard InChI is InChI=1S/C36H39Cl2N3O4S/c1-5-27(4)39-36(43)34(22-28-12-8-6-9-13-28)40(23-29-17-19-32(37)33(38)21-29)35(42)24-41(30-18-16-25(2)26(3)20-30)46(44,45)31-14-10-7-11-15-31/h6-21,27,34H,5,22-24H2,1-4H3,(H,39,43)/t27-,34+/m1/s1. The molecule has 0 aromatic heterocycles. The molecule has 2 atom stereocenters. The van der Waals surface area contributed by atoms with Crippen molar-refractivity contribution in [3.05, 3.63) is 129 Å². The summed E-state index contributed by atoms with van der Waals surface area (Å²) >= 11 is 12.5. The van der Waals surface area contributed by atoms with Crippen molar-refractivity contribution in [3.8, 4) is 0 Å². The van der Waals surface area contributed by atoms with Gasteiger partial charge in [-0.1, -0.05) is 90.8 Å². The zero-order chi connectivity index (χ0) is 33.4. The number of halogens is 2. The second kappa shape index (κ2) is 15.6. The molecule has 0 spiro atoms. The van der Waals surface area contributed by atoms with E-state index in [1.165, 1.54) is 17.0 Å². The molecule has 0 aliphatic heterocycles. The average Bonchev–Trinajstić information content (AvgIpc) is 3.05. The number of hydrogen-bond acceptors (Lipinski definition) is 4. The summed E-state index contributed by atoms with van der Waals surface area (Å²) in [6.07, 6.45) is 0.908. The van der Waals surface area contributed by atoms with Crippen LogP contribution in [-0.2, 0) is 32.6 Å². The molecule has 0 heterocycles. The molecule has 0 saturated heterocycles. The quantitative estimate of drug-likeness (QED) is 0.160. The lowest BCUT2D eigenvalue weighted by Crippen LogP contribution is -2.54. The van der Waals surface area contributed by atoms with Crippen LogP contribution in [0.1, 0.15) is 42.5 Å². The number of nitrogens with zero attached hydrogens (tertiary/aromatic N) is 2. The van der Waals surface area contributed by atoms with E-state index < -0.39 is 28.5 Å². The van der Waals surface area contributed by atoms with E-state index in [0.29, 0.717) is 27.7 Å². The molecule has 242 valence electrons. The maximum absolute atomic E-state index is 14.6. The Morgan fingerprint density at radius 2 is 1.46 bits per heavy atom. The summed E-state index contributed by atoms with van der Waals surface area (Å²) in [5.74, 6) is -0.890. The van der Waals surface area contributed by atoms with E-state index in [2.05, 4.69) is 5.32 Å². The van der Waals surface area contributed by atoms with Crippen molar-refractivity contribution in [2.24, 2.45) is 0 Å². The molecule has 0 saturated carbocycles. The second-order valence-corrected chi connectivity index (χ2v) is 14.1. The third-order valence-electron chi connectivity index (χ3n) is 8.00. The lowest BCUT2D eigenvalue weighted by atomic mass is 10.0. The largest absolute Gasteiger partial charge is 0.352 e. The van der Waals surface area contributed by atoms with Gasteiger partial charge >= 0.3 is 0 Å². The zero-order valence-electron chi connectivity index (χ0n) is 26.4. The van der Waals surface area contributed by atoms with Gasteiger partial charge < -0.3 is 10.2 Å². The Bertz CT molecular complexity index is 1770. The number of nitrogens with one attached hydrogen (secondary N) is 1. The van der Waals surface area contributed by atoms with Crippen molar-refractivity contribution in [1.29, 1.82) is 0 Å². The zero-order valence-corrected chi connectivity index (χ0v) is 28.7. The third kappa shape index (κ3) is 8.69. The Labute approximate surface area is 282 Å². The molecule has 1 N–H and O–H groups in total. The van der Waals surface area contributed by atoms with Crippen molar-refractivity contribution in [2.75, 3.05) is 10.8 Å². The predicted octanol–water partition coefficient (Wildman–Crippen LogP) is 7.36. The van der Waals surface area contributed by atoms with Gasteiger partial charge in [-0.25, -0.2) is 8.42 Å². The number of benzene rings is 4. The number of rotatable bonds is 13. The van der Waals surface area contributed by atoms with Crippen molar-refractivity contribution in [3.63, 3.8) is 0 Å². The number of amides is 2. The van der Waals surface area contributed by atoms with Gasteiger partial charge in [-0.3, -0.25) is 13.9 Å². The molecule has 4 aromatic carbocycles. The lowest BCUT2D eigenvalue weighted by molar-refractivity contribution is -0.140. The molecule has 2 amide bonds. The van der Waals surface area contributed by atoms with Gasteiger partial charge in [0.15, 0.2) is 0 Å². The van der Waals surface area contributed by atoms with Crippen LogP contribution in [0.4, 0.5) is 5.69 Å². The van der Waals surface area contributed by atoms with Crippen LogP contribution in [0.15, 0.2) is 102 Å². The van der Waals surface area contributed by atoms with Crippen LogP contribution in [0.5, 0.6) is 0 Å². The van der Waals surface area contributed by atoms with E-state index in [9.17, 15) is 18.0 Å². The number of aryl methyl sites for hydroxylation is 2. The highest BCUT2D eigenvalue weighted by molar-refractivity contribution is 7.92. The molecular formula is C36H39Cl2N3O4S. The Balaban J connectivity index is 1.83. The summed E-state index contributed by atoms with van der Waals surface area (Å²) in [5.41, 5.74) is 3.69. The summed E-state index contributed by atoms with van der Waals surface area (Å²) in [5, 5.41) is 3.69. The van der Waals surface area contributed by atoms with Gasteiger partial charge in [-0.05, 0) is 85.8 Å². The molecule has 0 fully saturated rings. The van der Waals surface area contributed by atoms with Crippen molar-refractivity contribution in [1.82, 2.24) is 10.2 Å². The molecule has 0 aliphatic carbocycles. The van der Waals surface area contributed by atoms with Crippen LogP contribution in [-0.4, -0.2) is 43.8 Å². The van der Waals surface area contributed by atoms with E-state index in [1.807, 2.05) is 64.1 Å². The average molecular weight is 681 g/mol. The molecule has 0 bridgehead atoms. The van der Waals surface area contributed by atoms with Gasteiger partial charge in [0.2, 0.25) is 11.8 Å². The van der Waals surface area contributed by atoms with E-state index in [0.717, 1.165) is 21.0 Å². The fourth-order valence-electron chi connectivity index (χ4n) is 4.96. The van der Waals surface area contributed by atoms with E-state index >= 15 is 0 Å². The Kier molecular flexibility index (Phi) is 11.9. The highest BCUT2D eigenvalue weighted by Gasteiger charge is 2.35. The van der Waals surface area contributed by atoms with E-state index in [1.54, 1.807) is 48.5 Å². The SMILES string of the molecule is CC[C@@H](C)NC(=O)[C@H](Cc1ccccc1)N(Cc1ccc(Cl)c(Cl)c1)C(=O)CN(c1ccc(C)c(C)c1)S(=O)(=O)c1ccccc1. The molecule has 0 unspecified atom stereocenters. The Hall–Kier alpha value is -3.85. The fraction of sp³-hybridized carbons (Fsp3) is 0.278. The maximum Gasteiger partial charge on any atom is 0.264 e. The van der Waals surface area contributed by atoms with Crippen LogP contribution < -0.4 is 9.62 Å². The minimum atomic E-state index is -4.18. The summed E-state index contributed by atoms with van der Waals surface area (Å²) in [6.45, 7) is 7.14. The maximum atomic E-state index is 14.6. The lowest BCUT2D eigenvalue weighted by Gasteiger charge is -2.34. The van der Waals surface area contributed by atoms with Crippen molar-refractivity contribution >= 4 is 50.7 Å². The first-order valence-corrected chi connectivity index (χ1v) is 17.3. The molecule has 10 heteroatoms. The summed E-state index contributed by atoms with van der Waals surface area (Å²) in [7, 11) is -4.18. The fourth-order valence-corrected chi connectivity index (χ4v) is 6.71. The van der Waals surface area contributed by atoms with Gasteiger partial charge in [0, 0.05) is 19.0 Å². The smallest absolute Gasteiger partial charge is 0.264 e. The minimum Gasteiger partial charge on any atom is -0.352 e. The van der Waals surface area contributed by atoms with E-state index in [-0.39, 0.29) is 29.8 Å². The monoisotopic (exact) mass is 679 g/mol. The molecule has 7 nitrogen and oxygen atoms in total. The van der Waals surface area contributed by atoms with Crippen LogP contribution in [0.2, 0.25) is 10.0 Å². The van der Waals surface area contributed by atoms with Crippen LogP contribution >= 0.6 is 23.2 Å². The van der Waals surface area contributed by atoms with Gasteiger partial charge in [-0.2, -0.15) is 0 Å². The summed E-state index contributed by atoms with van der Waals surface area (Å²) in [6, 6.07) is 26.6. The van der Waals surface area contributed by atoms with Crippen LogP contribution in [0.3, 0.4) is 0 Å². The summed E-state index contributed by atoms with van der Waals surface area (Å²) in [4.78, 5) is 30.0. The van der Waals surface area contributed by atoms with Crippen LogP contribution in [0.25, 0.3) is 0 Å². The number of sulfonamides is 1. The van der Waals surface area contributed by atoms with Crippen LogP contribution in [0, 0.1) is 13.8 Å².